The van der Waals surface area contributed by atoms with E-state index in [1.54, 1.807) is 0 Å². The van der Waals surface area contributed by atoms with Crippen LogP contribution in [-0.4, -0.2) is 10.3 Å². The first kappa shape index (κ1) is 33.8. The monoisotopic (exact) mass is 602 g/mol. The average molecular weight is 603 g/mol. The predicted octanol–water partition coefficient (Wildman–Crippen LogP) is 9.48. The van der Waals surface area contributed by atoms with Crippen molar-refractivity contribution in [3.8, 4) is 0 Å². The first-order valence-corrected chi connectivity index (χ1v) is 18.1. The zero-order valence-electron chi connectivity index (χ0n) is 26.4. The van der Waals surface area contributed by atoms with Gasteiger partial charge in [-0.2, -0.15) is 0 Å². The standard InChI is InChI=1S/2C18H24NOP/c2*1-15(16-11-7-5-8-12-16)19-21(20,18(2,3)4)17-13-9-6-10-14-17/h2*5-15H,1-4H3,(H,19,20)/t2*15-,21+/m11/s1. The van der Waals surface area contributed by atoms with Gasteiger partial charge in [0.15, 0.2) is 14.6 Å². The van der Waals surface area contributed by atoms with Gasteiger partial charge in [-0.3, -0.25) is 10.2 Å². The van der Waals surface area contributed by atoms with Gasteiger partial charge in [0.1, 0.15) is 0 Å². The third-order valence-corrected chi connectivity index (χ3v) is 14.8. The molecule has 4 aromatic carbocycles. The molecule has 0 heterocycles. The normalized spacial score (nSPS) is 16.2. The van der Waals surface area contributed by atoms with Gasteiger partial charge in [-0.05, 0) is 25.0 Å². The van der Waals surface area contributed by atoms with Crippen LogP contribution in [0.15, 0.2) is 121 Å². The van der Waals surface area contributed by atoms with E-state index in [1.165, 1.54) is 0 Å². The van der Waals surface area contributed by atoms with E-state index in [0.29, 0.717) is 0 Å². The van der Waals surface area contributed by atoms with E-state index in [-0.39, 0.29) is 22.4 Å². The van der Waals surface area contributed by atoms with Gasteiger partial charge in [-0.15, -0.1) is 0 Å². The molecule has 6 heteroatoms. The molecule has 0 fully saturated rings. The van der Waals surface area contributed by atoms with Crippen molar-refractivity contribution in [2.75, 3.05) is 0 Å². The Labute approximate surface area is 254 Å². The van der Waals surface area contributed by atoms with E-state index in [1.807, 2.05) is 139 Å². The highest BCUT2D eigenvalue weighted by molar-refractivity contribution is 7.71. The Balaban J connectivity index is 0.000000230. The van der Waals surface area contributed by atoms with Crippen LogP contribution in [0.1, 0.15) is 78.6 Å². The van der Waals surface area contributed by atoms with E-state index in [9.17, 15) is 9.13 Å². The highest BCUT2D eigenvalue weighted by Gasteiger charge is 2.40. The van der Waals surface area contributed by atoms with Gasteiger partial charge in [0, 0.05) is 33.0 Å². The van der Waals surface area contributed by atoms with Gasteiger partial charge >= 0.3 is 0 Å². The fourth-order valence-electron chi connectivity index (χ4n) is 4.76. The highest BCUT2D eigenvalue weighted by atomic mass is 31.2. The Morgan fingerprint density at radius 2 is 0.690 bits per heavy atom. The summed E-state index contributed by atoms with van der Waals surface area (Å²) in [6.45, 7) is 16.3. The summed E-state index contributed by atoms with van der Waals surface area (Å²) in [6.07, 6.45) is 0. The van der Waals surface area contributed by atoms with Gasteiger partial charge in [-0.1, -0.05) is 163 Å². The molecule has 0 aliphatic heterocycles. The lowest BCUT2D eigenvalue weighted by atomic mass is 10.1. The molecule has 0 amide bonds. The van der Waals surface area contributed by atoms with E-state index < -0.39 is 14.6 Å². The Morgan fingerprint density at radius 1 is 0.452 bits per heavy atom. The summed E-state index contributed by atoms with van der Waals surface area (Å²) in [6, 6.07) is 39.9. The van der Waals surface area contributed by atoms with E-state index in [4.69, 9.17) is 0 Å². The minimum atomic E-state index is -2.73. The van der Waals surface area contributed by atoms with Crippen molar-refractivity contribution < 1.29 is 9.13 Å². The maximum absolute atomic E-state index is 13.7. The van der Waals surface area contributed by atoms with Crippen molar-refractivity contribution in [3.63, 3.8) is 0 Å². The molecule has 0 aliphatic carbocycles. The molecule has 0 unspecified atom stereocenters. The van der Waals surface area contributed by atoms with Gasteiger partial charge in [-0.25, -0.2) is 0 Å². The zero-order valence-corrected chi connectivity index (χ0v) is 28.2. The van der Waals surface area contributed by atoms with Crippen LogP contribution in [0.2, 0.25) is 0 Å². The minimum absolute atomic E-state index is 0.0384. The number of rotatable bonds is 8. The summed E-state index contributed by atoms with van der Waals surface area (Å²) in [5.74, 6) is 0. The van der Waals surface area contributed by atoms with Crippen LogP contribution in [-0.2, 0) is 9.13 Å². The number of hydrogen-bond donors (Lipinski definition) is 2. The van der Waals surface area contributed by atoms with Crippen LogP contribution in [0.25, 0.3) is 0 Å². The summed E-state index contributed by atoms with van der Waals surface area (Å²) < 4.78 is 27.4. The molecule has 0 saturated carbocycles. The fraction of sp³-hybridized carbons (Fsp3) is 0.333. The van der Waals surface area contributed by atoms with E-state index in [2.05, 4.69) is 48.3 Å². The van der Waals surface area contributed by atoms with Gasteiger partial charge in [0.25, 0.3) is 0 Å². The molecule has 224 valence electrons. The number of benzene rings is 4. The fourth-order valence-corrected chi connectivity index (χ4v) is 9.96. The van der Waals surface area contributed by atoms with Gasteiger partial charge in [0.2, 0.25) is 0 Å². The van der Waals surface area contributed by atoms with Gasteiger partial charge < -0.3 is 9.13 Å². The van der Waals surface area contributed by atoms with Crippen molar-refractivity contribution in [2.45, 2.75) is 77.8 Å². The Morgan fingerprint density at radius 3 is 0.929 bits per heavy atom. The third-order valence-electron chi connectivity index (χ3n) is 7.48. The Hall–Kier alpha value is -2.74. The maximum Gasteiger partial charge on any atom is 0.181 e. The maximum atomic E-state index is 13.7. The molecule has 0 aromatic heterocycles. The molecule has 0 saturated heterocycles. The molecule has 4 rings (SSSR count). The quantitative estimate of drug-likeness (QED) is 0.197. The van der Waals surface area contributed by atoms with E-state index in [0.717, 1.165) is 21.7 Å². The zero-order chi connectivity index (χ0) is 31.0. The Bertz CT molecular complexity index is 1350. The lowest BCUT2D eigenvalue weighted by Gasteiger charge is -2.34. The second-order valence-corrected chi connectivity index (χ2v) is 19.4. The van der Waals surface area contributed by atoms with Gasteiger partial charge in [0.05, 0.1) is 0 Å². The molecule has 0 bridgehead atoms. The van der Waals surface area contributed by atoms with Crippen LogP contribution in [0.4, 0.5) is 0 Å². The van der Waals surface area contributed by atoms with Crippen LogP contribution in [0.5, 0.6) is 0 Å². The molecular weight excluding hydrogens is 554 g/mol. The average Bonchev–Trinajstić information content (AvgIpc) is 2.98. The van der Waals surface area contributed by atoms with Crippen LogP contribution >= 0.6 is 14.6 Å². The van der Waals surface area contributed by atoms with Crippen molar-refractivity contribution in [2.24, 2.45) is 0 Å². The van der Waals surface area contributed by atoms with Crippen molar-refractivity contribution in [3.05, 3.63) is 132 Å². The van der Waals surface area contributed by atoms with Crippen LogP contribution in [0.3, 0.4) is 0 Å². The molecule has 2 N–H and O–H groups in total. The van der Waals surface area contributed by atoms with E-state index >= 15 is 0 Å². The molecule has 0 spiro atoms. The summed E-state index contributed by atoms with van der Waals surface area (Å²) in [7, 11) is -5.45. The highest BCUT2D eigenvalue weighted by Crippen LogP contribution is 2.55. The van der Waals surface area contributed by atoms with Crippen molar-refractivity contribution >= 4 is 25.2 Å². The molecule has 0 aliphatic rings. The molecule has 42 heavy (non-hydrogen) atoms. The summed E-state index contributed by atoms with van der Waals surface area (Å²) in [4.78, 5) is 0. The second kappa shape index (κ2) is 14.2. The molecule has 4 atom stereocenters. The summed E-state index contributed by atoms with van der Waals surface area (Å²) >= 11 is 0. The molecular formula is C36H48N2O2P2. The largest absolute Gasteiger partial charge is 0.301 e. The molecule has 4 aromatic rings. The third kappa shape index (κ3) is 8.21. The predicted molar refractivity (Wildman–Crippen MR) is 183 cm³/mol. The smallest absolute Gasteiger partial charge is 0.181 e. The first-order chi connectivity index (χ1) is 19.7. The molecule has 4 nitrogen and oxygen atoms in total. The van der Waals surface area contributed by atoms with Crippen molar-refractivity contribution in [1.82, 2.24) is 10.2 Å². The SMILES string of the molecule is C[C@@H](N[P@](=O)(c1ccccc1)C(C)(C)C)c1ccccc1.C[C@@H](N[P@](=O)(c1ccccc1)C(C)(C)C)c1ccccc1. The van der Waals surface area contributed by atoms with Crippen LogP contribution < -0.4 is 20.8 Å². The van der Waals surface area contributed by atoms with Crippen LogP contribution in [0, 0.1) is 0 Å². The number of hydrogen-bond acceptors (Lipinski definition) is 2. The molecule has 0 radical (unpaired) electrons. The lowest BCUT2D eigenvalue weighted by Crippen LogP contribution is -2.34. The van der Waals surface area contributed by atoms with Crippen molar-refractivity contribution in [1.29, 1.82) is 0 Å². The summed E-state index contributed by atoms with van der Waals surface area (Å²) in [5.41, 5.74) is 2.30. The second-order valence-electron chi connectivity index (χ2n) is 12.8. The topological polar surface area (TPSA) is 58.2 Å². The first-order valence-electron chi connectivity index (χ1n) is 14.7. The number of nitrogens with one attached hydrogen (secondary N) is 2. The minimum Gasteiger partial charge on any atom is -0.301 e. The lowest BCUT2D eigenvalue weighted by molar-refractivity contribution is 0.533. The summed E-state index contributed by atoms with van der Waals surface area (Å²) in [5, 5.41) is 7.95. The Kier molecular flexibility index (Phi) is 11.4.